The molecule has 2 N–H and O–H groups in total. The van der Waals surface area contributed by atoms with Crippen LogP contribution in [0.25, 0.3) is 0 Å². The van der Waals surface area contributed by atoms with Crippen LogP contribution in [0, 0.1) is 0 Å². The fourth-order valence-corrected chi connectivity index (χ4v) is 3.35. The molecule has 0 saturated carbocycles. The lowest BCUT2D eigenvalue weighted by Crippen LogP contribution is -2.08. The van der Waals surface area contributed by atoms with Gasteiger partial charge in [0.2, 0.25) is 9.84 Å². The van der Waals surface area contributed by atoms with Crippen LogP contribution in [-0.2, 0) is 9.84 Å². The Morgan fingerprint density at radius 2 is 1.43 bits per heavy atom. The maximum Gasteiger partial charge on any atom is 0.210 e. The van der Waals surface area contributed by atoms with Crippen molar-refractivity contribution in [3.63, 3.8) is 0 Å². The van der Waals surface area contributed by atoms with Crippen molar-refractivity contribution in [1.82, 2.24) is 0 Å². The zero-order chi connectivity index (χ0) is 16.7. The predicted octanol–water partition coefficient (Wildman–Crippen LogP) is 1.26. The number of aliphatic hydroxyl groups excluding tert-OH is 2. The second-order valence-electron chi connectivity index (χ2n) is 4.57. The number of ether oxygens (including phenoxy) is 2. The lowest BCUT2D eigenvalue weighted by Gasteiger charge is -2.12. The maximum atomic E-state index is 12.7. The van der Waals surface area contributed by atoms with Crippen LogP contribution in [0.3, 0.4) is 0 Å². The number of rotatable bonds is 8. The van der Waals surface area contributed by atoms with Crippen molar-refractivity contribution in [3.8, 4) is 11.5 Å². The van der Waals surface area contributed by atoms with Crippen LogP contribution >= 0.6 is 0 Å². The number of benzene rings is 2. The Bertz CT molecular complexity index is 724. The van der Waals surface area contributed by atoms with Gasteiger partial charge in [-0.3, -0.25) is 0 Å². The van der Waals surface area contributed by atoms with E-state index in [2.05, 4.69) is 0 Å². The van der Waals surface area contributed by atoms with Gasteiger partial charge in [-0.15, -0.1) is 0 Å². The molecule has 7 heteroatoms. The summed E-state index contributed by atoms with van der Waals surface area (Å²) in [6.45, 7) is -0.161. The van der Waals surface area contributed by atoms with Crippen molar-refractivity contribution >= 4 is 9.84 Å². The van der Waals surface area contributed by atoms with E-state index in [0.717, 1.165) is 0 Å². The molecule has 2 aromatic carbocycles. The average Bonchev–Trinajstić information content (AvgIpc) is 2.58. The molecule has 23 heavy (non-hydrogen) atoms. The molecule has 0 saturated heterocycles. The van der Waals surface area contributed by atoms with Gasteiger partial charge < -0.3 is 19.7 Å². The molecule has 0 fully saturated rings. The van der Waals surface area contributed by atoms with Gasteiger partial charge in [-0.25, -0.2) is 8.42 Å². The molecular formula is C16H18O6S. The topological polar surface area (TPSA) is 93.1 Å². The molecule has 0 aliphatic heterocycles. The maximum absolute atomic E-state index is 12.7. The molecule has 0 spiro atoms. The molecule has 0 bridgehead atoms. The van der Waals surface area contributed by atoms with Gasteiger partial charge >= 0.3 is 0 Å². The summed E-state index contributed by atoms with van der Waals surface area (Å²) >= 11 is 0. The van der Waals surface area contributed by atoms with Crippen molar-refractivity contribution in [1.29, 1.82) is 0 Å². The summed E-state index contributed by atoms with van der Waals surface area (Å²) in [5.41, 5.74) is 0. The Kier molecular flexibility index (Phi) is 5.97. The van der Waals surface area contributed by atoms with Crippen LogP contribution < -0.4 is 9.47 Å². The highest BCUT2D eigenvalue weighted by atomic mass is 32.2. The van der Waals surface area contributed by atoms with E-state index in [-0.39, 0.29) is 42.0 Å². The van der Waals surface area contributed by atoms with Crippen molar-refractivity contribution in [2.45, 2.75) is 9.79 Å². The fraction of sp³-hybridized carbons (Fsp3) is 0.250. The standard InChI is InChI=1S/C16H18O6S/c17-9-11-21-13-5-7-14(8-6-13)23(19,20)16-4-2-1-3-15(16)22-12-10-18/h1-8,17-18H,9-12H2. The Hall–Kier alpha value is -2.09. The summed E-state index contributed by atoms with van der Waals surface area (Å²) in [4.78, 5) is 0.145. The summed E-state index contributed by atoms with van der Waals surface area (Å²) < 4.78 is 35.9. The summed E-state index contributed by atoms with van der Waals surface area (Å²) in [6.07, 6.45) is 0. The molecule has 0 amide bonds. The lowest BCUT2D eigenvalue weighted by molar-refractivity contribution is 0.198. The van der Waals surface area contributed by atoms with Crippen molar-refractivity contribution in [3.05, 3.63) is 48.5 Å². The molecule has 2 rings (SSSR count). The largest absolute Gasteiger partial charge is 0.491 e. The van der Waals surface area contributed by atoms with E-state index in [1.165, 1.54) is 30.3 Å². The van der Waals surface area contributed by atoms with E-state index in [9.17, 15) is 8.42 Å². The van der Waals surface area contributed by atoms with Crippen molar-refractivity contribution in [2.24, 2.45) is 0 Å². The Balaban J connectivity index is 2.31. The molecule has 2 aromatic rings. The minimum atomic E-state index is -3.75. The number of aliphatic hydroxyl groups is 2. The van der Waals surface area contributed by atoms with Gasteiger partial charge in [0.1, 0.15) is 29.6 Å². The Morgan fingerprint density at radius 1 is 0.826 bits per heavy atom. The molecule has 0 aliphatic carbocycles. The second-order valence-corrected chi connectivity index (χ2v) is 6.48. The zero-order valence-corrected chi connectivity index (χ0v) is 13.2. The van der Waals surface area contributed by atoms with Crippen LogP contribution in [0.5, 0.6) is 11.5 Å². The number of hydrogen-bond acceptors (Lipinski definition) is 6. The molecule has 0 aliphatic rings. The minimum Gasteiger partial charge on any atom is -0.491 e. The molecule has 124 valence electrons. The van der Waals surface area contributed by atoms with E-state index < -0.39 is 9.84 Å². The highest BCUT2D eigenvalue weighted by Gasteiger charge is 2.22. The summed E-state index contributed by atoms with van der Waals surface area (Å²) in [5.74, 6) is 0.671. The first kappa shape index (κ1) is 17.3. The molecular weight excluding hydrogens is 320 g/mol. The zero-order valence-electron chi connectivity index (χ0n) is 12.4. The first-order valence-electron chi connectivity index (χ1n) is 7.01. The molecule has 0 unspecified atom stereocenters. The average molecular weight is 338 g/mol. The van der Waals surface area contributed by atoms with Gasteiger partial charge in [0.15, 0.2) is 0 Å². The van der Waals surface area contributed by atoms with Gasteiger partial charge in [0, 0.05) is 0 Å². The van der Waals surface area contributed by atoms with E-state index in [1.807, 2.05) is 0 Å². The highest BCUT2D eigenvalue weighted by molar-refractivity contribution is 7.91. The van der Waals surface area contributed by atoms with Crippen molar-refractivity contribution < 1.29 is 28.1 Å². The quantitative estimate of drug-likeness (QED) is 0.753. The summed E-state index contributed by atoms with van der Waals surface area (Å²) in [7, 11) is -3.75. The minimum absolute atomic E-state index is 0.0144. The third-order valence-electron chi connectivity index (χ3n) is 2.98. The molecule has 6 nitrogen and oxygen atoms in total. The van der Waals surface area contributed by atoms with E-state index in [0.29, 0.717) is 5.75 Å². The first-order chi connectivity index (χ1) is 11.1. The van der Waals surface area contributed by atoms with Gasteiger partial charge in [0.25, 0.3) is 0 Å². The SMILES string of the molecule is O=S(=O)(c1ccc(OCCO)cc1)c1ccccc1OCCO. The number of hydrogen-bond donors (Lipinski definition) is 2. The van der Waals surface area contributed by atoms with Crippen molar-refractivity contribution in [2.75, 3.05) is 26.4 Å². The summed E-state index contributed by atoms with van der Waals surface area (Å²) in [6, 6.07) is 12.2. The molecule has 0 aromatic heterocycles. The monoisotopic (exact) mass is 338 g/mol. The normalized spacial score (nSPS) is 11.2. The van der Waals surface area contributed by atoms with Gasteiger partial charge in [0.05, 0.1) is 18.1 Å². The van der Waals surface area contributed by atoms with Crippen LogP contribution in [0.15, 0.2) is 58.3 Å². The van der Waals surface area contributed by atoms with E-state index >= 15 is 0 Å². The van der Waals surface area contributed by atoms with Crippen LogP contribution in [0.1, 0.15) is 0 Å². The fourth-order valence-electron chi connectivity index (χ4n) is 1.95. The number of sulfone groups is 1. The van der Waals surface area contributed by atoms with E-state index in [4.69, 9.17) is 19.7 Å². The predicted molar refractivity (Wildman–Crippen MR) is 83.5 cm³/mol. The molecule has 0 atom stereocenters. The van der Waals surface area contributed by atoms with Crippen LogP contribution in [0.4, 0.5) is 0 Å². The smallest absolute Gasteiger partial charge is 0.210 e. The van der Waals surface area contributed by atoms with Gasteiger partial charge in [-0.05, 0) is 36.4 Å². The summed E-state index contributed by atoms with van der Waals surface area (Å²) in [5, 5.41) is 17.5. The van der Waals surface area contributed by atoms with Crippen LogP contribution in [-0.4, -0.2) is 45.1 Å². The second kappa shape index (κ2) is 7.96. The Labute approximate surface area is 134 Å². The molecule has 0 radical (unpaired) electrons. The first-order valence-corrected chi connectivity index (χ1v) is 8.49. The van der Waals surface area contributed by atoms with E-state index in [1.54, 1.807) is 18.2 Å². The van der Waals surface area contributed by atoms with Gasteiger partial charge in [-0.1, -0.05) is 12.1 Å². The molecule has 0 heterocycles. The van der Waals surface area contributed by atoms with Gasteiger partial charge in [-0.2, -0.15) is 0 Å². The lowest BCUT2D eigenvalue weighted by atomic mass is 10.3. The third kappa shape index (κ3) is 4.22. The highest BCUT2D eigenvalue weighted by Crippen LogP contribution is 2.30. The number of para-hydroxylation sites is 1. The van der Waals surface area contributed by atoms with Crippen LogP contribution in [0.2, 0.25) is 0 Å². The Morgan fingerprint density at radius 3 is 2.09 bits per heavy atom. The third-order valence-corrected chi connectivity index (χ3v) is 4.79.